The molecule has 6 heteroatoms. The van der Waals surface area contributed by atoms with Gasteiger partial charge in [0.05, 0.1) is 24.2 Å². The van der Waals surface area contributed by atoms with Gasteiger partial charge < -0.3 is 14.7 Å². The van der Waals surface area contributed by atoms with Crippen molar-refractivity contribution in [2.45, 2.75) is 50.2 Å². The fraction of sp³-hybridized carbons (Fsp3) is 0.611. The fourth-order valence-electron chi connectivity index (χ4n) is 3.77. The van der Waals surface area contributed by atoms with Gasteiger partial charge >= 0.3 is 0 Å². The minimum Gasteiger partial charge on any atom is -0.390 e. The SMILES string of the molecule is CC1(O)CCOC2(CCN(C(=O)Cc3cccc(F)c3F)CC2)C1. The molecule has 1 amide bonds. The Morgan fingerprint density at radius 3 is 2.67 bits per heavy atom. The molecule has 1 atom stereocenters. The molecule has 24 heavy (non-hydrogen) atoms. The summed E-state index contributed by atoms with van der Waals surface area (Å²) in [5.74, 6) is -2.10. The predicted octanol–water partition coefficient (Wildman–Crippen LogP) is 2.43. The molecule has 2 aliphatic rings. The van der Waals surface area contributed by atoms with Gasteiger partial charge in [-0.1, -0.05) is 12.1 Å². The molecule has 0 aliphatic carbocycles. The Bertz CT molecular complexity index is 625. The van der Waals surface area contributed by atoms with E-state index in [1.807, 2.05) is 6.92 Å². The number of rotatable bonds is 2. The van der Waals surface area contributed by atoms with Crippen LogP contribution in [0.15, 0.2) is 18.2 Å². The third-order valence-electron chi connectivity index (χ3n) is 5.15. The molecule has 2 aliphatic heterocycles. The molecule has 2 fully saturated rings. The van der Waals surface area contributed by atoms with E-state index in [2.05, 4.69) is 0 Å². The van der Waals surface area contributed by atoms with Gasteiger partial charge in [0.15, 0.2) is 11.6 Å². The normalized spacial score (nSPS) is 26.6. The number of likely N-dealkylation sites (tertiary alicyclic amines) is 1. The van der Waals surface area contributed by atoms with E-state index in [4.69, 9.17) is 4.74 Å². The van der Waals surface area contributed by atoms with Crippen molar-refractivity contribution < 1.29 is 23.4 Å². The standard InChI is InChI=1S/C18H23F2NO3/c1-17(23)7-10-24-18(12-17)5-8-21(9-6-18)15(22)11-13-3-2-4-14(19)16(13)20/h2-4,23H,5-12H2,1H3. The van der Waals surface area contributed by atoms with E-state index < -0.39 is 17.2 Å². The molecule has 0 radical (unpaired) electrons. The van der Waals surface area contributed by atoms with Crippen LogP contribution < -0.4 is 0 Å². The Labute approximate surface area is 140 Å². The lowest BCUT2D eigenvalue weighted by Crippen LogP contribution is -2.54. The van der Waals surface area contributed by atoms with Gasteiger partial charge in [-0.15, -0.1) is 0 Å². The Kier molecular flexibility index (Phi) is 4.62. The predicted molar refractivity (Wildman–Crippen MR) is 84.4 cm³/mol. The summed E-state index contributed by atoms with van der Waals surface area (Å²) in [6, 6.07) is 3.88. The first kappa shape index (κ1) is 17.3. The third-order valence-corrected chi connectivity index (χ3v) is 5.15. The first-order valence-electron chi connectivity index (χ1n) is 8.37. The van der Waals surface area contributed by atoms with Crippen LogP contribution in [-0.2, 0) is 16.0 Å². The van der Waals surface area contributed by atoms with Crippen molar-refractivity contribution in [1.29, 1.82) is 0 Å². The van der Waals surface area contributed by atoms with Crippen LogP contribution in [0.4, 0.5) is 8.78 Å². The number of carbonyl (C=O) groups is 1. The average molecular weight is 339 g/mol. The lowest BCUT2D eigenvalue weighted by Gasteiger charge is -2.48. The molecule has 1 spiro atoms. The maximum atomic E-state index is 13.7. The largest absolute Gasteiger partial charge is 0.390 e. The summed E-state index contributed by atoms with van der Waals surface area (Å²) in [4.78, 5) is 14.0. The number of piperidine rings is 1. The number of hydrogen-bond acceptors (Lipinski definition) is 3. The summed E-state index contributed by atoms with van der Waals surface area (Å²) in [5.41, 5.74) is -1.02. The van der Waals surface area contributed by atoms with Crippen LogP contribution in [0.25, 0.3) is 0 Å². The highest BCUT2D eigenvalue weighted by molar-refractivity contribution is 5.79. The minimum atomic E-state index is -0.953. The zero-order valence-electron chi connectivity index (χ0n) is 13.9. The second-order valence-corrected chi connectivity index (χ2v) is 7.23. The van der Waals surface area contributed by atoms with Crippen molar-refractivity contribution in [2.24, 2.45) is 0 Å². The molecule has 2 heterocycles. The minimum absolute atomic E-state index is 0.0807. The highest BCUT2D eigenvalue weighted by Crippen LogP contribution is 2.39. The molecule has 0 bridgehead atoms. The quantitative estimate of drug-likeness (QED) is 0.900. The van der Waals surface area contributed by atoms with E-state index in [0.29, 0.717) is 45.4 Å². The summed E-state index contributed by atoms with van der Waals surface area (Å²) >= 11 is 0. The second kappa shape index (κ2) is 6.41. The lowest BCUT2D eigenvalue weighted by molar-refractivity contribution is -0.175. The Morgan fingerprint density at radius 2 is 2.00 bits per heavy atom. The Morgan fingerprint density at radius 1 is 1.29 bits per heavy atom. The summed E-state index contributed by atoms with van der Waals surface area (Å²) in [6.07, 6.45) is 2.35. The molecule has 1 aromatic carbocycles. The van der Waals surface area contributed by atoms with Crippen molar-refractivity contribution >= 4 is 5.91 Å². The second-order valence-electron chi connectivity index (χ2n) is 7.23. The van der Waals surface area contributed by atoms with Gasteiger partial charge in [0.2, 0.25) is 5.91 Å². The number of benzene rings is 1. The zero-order chi connectivity index (χ0) is 17.4. The van der Waals surface area contributed by atoms with Gasteiger partial charge in [0.1, 0.15) is 0 Å². The molecule has 0 aromatic heterocycles. The van der Waals surface area contributed by atoms with Crippen LogP contribution in [0.2, 0.25) is 0 Å². The number of halogens is 2. The van der Waals surface area contributed by atoms with Crippen LogP contribution in [0.3, 0.4) is 0 Å². The summed E-state index contributed by atoms with van der Waals surface area (Å²) in [6.45, 7) is 3.36. The van der Waals surface area contributed by atoms with Gasteiger partial charge in [-0.05, 0) is 32.3 Å². The fourth-order valence-corrected chi connectivity index (χ4v) is 3.77. The lowest BCUT2D eigenvalue weighted by atomic mass is 9.78. The molecular formula is C18H23F2NO3. The number of hydrogen-bond donors (Lipinski definition) is 1. The van der Waals surface area contributed by atoms with Gasteiger partial charge in [-0.2, -0.15) is 0 Å². The molecule has 1 aromatic rings. The first-order valence-corrected chi connectivity index (χ1v) is 8.37. The smallest absolute Gasteiger partial charge is 0.227 e. The number of amides is 1. The van der Waals surface area contributed by atoms with Crippen molar-refractivity contribution in [2.75, 3.05) is 19.7 Å². The maximum absolute atomic E-state index is 13.7. The van der Waals surface area contributed by atoms with E-state index in [1.54, 1.807) is 4.90 Å². The average Bonchev–Trinajstić information content (AvgIpc) is 2.51. The van der Waals surface area contributed by atoms with Crippen LogP contribution in [0, 0.1) is 11.6 Å². The highest BCUT2D eigenvalue weighted by atomic mass is 19.2. The zero-order valence-corrected chi connectivity index (χ0v) is 13.9. The topological polar surface area (TPSA) is 49.8 Å². The molecular weight excluding hydrogens is 316 g/mol. The van der Waals surface area contributed by atoms with E-state index in [9.17, 15) is 18.7 Å². The number of nitrogens with zero attached hydrogens (tertiary/aromatic N) is 1. The van der Waals surface area contributed by atoms with Crippen molar-refractivity contribution in [3.8, 4) is 0 Å². The van der Waals surface area contributed by atoms with Gasteiger partial charge in [0, 0.05) is 25.1 Å². The van der Waals surface area contributed by atoms with Crippen molar-refractivity contribution in [3.05, 3.63) is 35.4 Å². The van der Waals surface area contributed by atoms with Gasteiger partial charge in [0.25, 0.3) is 0 Å². The summed E-state index contributed by atoms with van der Waals surface area (Å²) < 4.78 is 32.9. The van der Waals surface area contributed by atoms with Gasteiger partial charge in [-0.25, -0.2) is 8.78 Å². The maximum Gasteiger partial charge on any atom is 0.227 e. The van der Waals surface area contributed by atoms with E-state index in [0.717, 1.165) is 6.07 Å². The summed E-state index contributed by atoms with van der Waals surface area (Å²) in [7, 11) is 0. The number of aliphatic hydroxyl groups is 1. The summed E-state index contributed by atoms with van der Waals surface area (Å²) in [5, 5.41) is 10.3. The third kappa shape index (κ3) is 3.59. The first-order chi connectivity index (χ1) is 11.3. The molecule has 0 saturated carbocycles. The van der Waals surface area contributed by atoms with E-state index in [1.165, 1.54) is 12.1 Å². The number of carbonyl (C=O) groups excluding carboxylic acids is 1. The van der Waals surface area contributed by atoms with E-state index >= 15 is 0 Å². The van der Waals surface area contributed by atoms with Crippen LogP contribution >= 0.6 is 0 Å². The van der Waals surface area contributed by atoms with Crippen LogP contribution in [0.5, 0.6) is 0 Å². The molecule has 1 unspecified atom stereocenters. The highest BCUT2D eigenvalue weighted by Gasteiger charge is 2.44. The van der Waals surface area contributed by atoms with Crippen molar-refractivity contribution in [1.82, 2.24) is 4.90 Å². The molecule has 3 rings (SSSR count). The van der Waals surface area contributed by atoms with Crippen LogP contribution in [0.1, 0.15) is 38.2 Å². The number of ether oxygens (including phenoxy) is 1. The molecule has 1 N–H and O–H groups in total. The van der Waals surface area contributed by atoms with E-state index in [-0.39, 0.29) is 23.5 Å². The molecule has 2 saturated heterocycles. The Hall–Kier alpha value is -1.53. The van der Waals surface area contributed by atoms with Crippen molar-refractivity contribution in [3.63, 3.8) is 0 Å². The molecule has 4 nitrogen and oxygen atoms in total. The van der Waals surface area contributed by atoms with Gasteiger partial charge in [-0.3, -0.25) is 4.79 Å². The van der Waals surface area contributed by atoms with Crippen LogP contribution in [-0.4, -0.2) is 46.8 Å². The monoisotopic (exact) mass is 339 g/mol. The molecule has 132 valence electrons. The Balaban J connectivity index is 1.60.